The Hall–Kier alpha value is -3.27. The van der Waals surface area contributed by atoms with E-state index in [1.54, 1.807) is 6.07 Å². The third-order valence-electron chi connectivity index (χ3n) is 5.41. The van der Waals surface area contributed by atoms with Gasteiger partial charge in [-0.2, -0.15) is 0 Å². The molecule has 0 aliphatic rings. The van der Waals surface area contributed by atoms with Crippen molar-refractivity contribution < 1.29 is 19.4 Å². The molecule has 0 saturated heterocycles. The van der Waals surface area contributed by atoms with Crippen LogP contribution in [0.2, 0.25) is 0 Å². The van der Waals surface area contributed by atoms with Crippen LogP contribution in [-0.2, 0) is 19.6 Å². The average Bonchev–Trinajstić information content (AvgIpc) is 2.82. The van der Waals surface area contributed by atoms with Crippen LogP contribution >= 0.6 is 0 Å². The van der Waals surface area contributed by atoms with Gasteiger partial charge in [0.1, 0.15) is 30.3 Å². The highest BCUT2D eigenvalue weighted by Gasteiger charge is 2.19. The smallest absolute Gasteiger partial charge is 0.339 e. The molecule has 1 N–H and O–H groups in total. The van der Waals surface area contributed by atoms with Crippen LogP contribution in [0.5, 0.6) is 11.5 Å². The normalized spacial score (nSPS) is 10.7. The Bertz CT molecular complexity index is 967. The minimum absolute atomic E-state index is 0.239. The zero-order chi connectivity index (χ0) is 22.6. The van der Waals surface area contributed by atoms with E-state index in [0.29, 0.717) is 31.1 Å². The second-order valence-corrected chi connectivity index (χ2v) is 7.97. The van der Waals surface area contributed by atoms with Crippen LogP contribution in [-0.4, -0.2) is 11.1 Å². The zero-order valence-electron chi connectivity index (χ0n) is 18.8. The van der Waals surface area contributed by atoms with Gasteiger partial charge in [0.25, 0.3) is 0 Å². The summed E-state index contributed by atoms with van der Waals surface area (Å²) in [5.74, 6) is 0.0205. The summed E-state index contributed by atoms with van der Waals surface area (Å²) in [5, 5.41) is 9.96. The lowest BCUT2D eigenvalue weighted by atomic mass is 9.99. The Morgan fingerprint density at radius 3 is 1.97 bits per heavy atom. The van der Waals surface area contributed by atoms with Gasteiger partial charge in [0.2, 0.25) is 0 Å². The molecule has 0 radical (unpaired) electrons. The van der Waals surface area contributed by atoms with Gasteiger partial charge in [-0.1, -0.05) is 93.3 Å². The molecule has 3 rings (SSSR count). The highest BCUT2D eigenvalue weighted by Crippen LogP contribution is 2.32. The summed E-state index contributed by atoms with van der Waals surface area (Å²) in [5.41, 5.74) is 3.05. The number of benzene rings is 3. The SMILES string of the molecule is CCCCCCCc1cc(OCc2ccccc2)cc(OCc2ccccc2)c1C(=O)O. The first-order valence-corrected chi connectivity index (χ1v) is 11.4. The largest absolute Gasteiger partial charge is 0.489 e. The van der Waals surface area contributed by atoms with Crippen molar-refractivity contribution in [2.75, 3.05) is 0 Å². The number of carboxylic acids is 1. The van der Waals surface area contributed by atoms with E-state index in [0.717, 1.165) is 29.5 Å². The number of aryl methyl sites for hydroxylation is 1. The number of unbranched alkanes of at least 4 members (excludes halogenated alkanes) is 4. The fourth-order valence-corrected chi connectivity index (χ4v) is 3.68. The summed E-state index contributed by atoms with van der Waals surface area (Å²) in [6, 6.07) is 23.3. The van der Waals surface area contributed by atoms with Crippen LogP contribution in [0.3, 0.4) is 0 Å². The Kier molecular flexibility index (Phi) is 9.18. The van der Waals surface area contributed by atoms with E-state index in [-0.39, 0.29) is 5.56 Å². The second-order valence-electron chi connectivity index (χ2n) is 7.97. The molecule has 0 amide bonds. The fourth-order valence-electron chi connectivity index (χ4n) is 3.68. The maximum Gasteiger partial charge on any atom is 0.339 e. The number of hydrogen-bond donors (Lipinski definition) is 1. The standard InChI is InChI=1S/C28H32O4/c1-2-3-4-5-12-17-24-18-25(31-20-22-13-8-6-9-14-22)19-26(27(24)28(29)30)32-21-23-15-10-7-11-16-23/h6-11,13-16,18-19H,2-5,12,17,20-21H2,1H3,(H,29,30). The highest BCUT2D eigenvalue weighted by atomic mass is 16.5. The molecule has 3 aromatic carbocycles. The van der Waals surface area contributed by atoms with Crippen LogP contribution in [0.1, 0.15) is 66.1 Å². The van der Waals surface area contributed by atoms with Gasteiger partial charge < -0.3 is 14.6 Å². The first-order chi connectivity index (χ1) is 15.7. The van der Waals surface area contributed by atoms with Gasteiger partial charge in [-0.15, -0.1) is 0 Å². The molecule has 3 aromatic rings. The molecule has 168 valence electrons. The van der Waals surface area contributed by atoms with E-state index < -0.39 is 5.97 Å². The maximum absolute atomic E-state index is 12.2. The van der Waals surface area contributed by atoms with Gasteiger partial charge >= 0.3 is 5.97 Å². The molecule has 4 heteroatoms. The molecular formula is C28H32O4. The van der Waals surface area contributed by atoms with E-state index in [9.17, 15) is 9.90 Å². The molecule has 0 fully saturated rings. The molecule has 0 aromatic heterocycles. The average molecular weight is 433 g/mol. The van der Waals surface area contributed by atoms with Gasteiger partial charge in [0.05, 0.1) is 0 Å². The van der Waals surface area contributed by atoms with E-state index in [1.807, 2.05) is 66.7 Å². The molecule has 0 atom stereocenters. The number of carboxylic acid groups (broad SMARTS) is 1. The molecule has 0 spiro atoms. The number of aromatic carboxylic acids is 1. The van der Waals surface area contributed by atoms with Crippen molar-refractivity contribution in [3.8, 4) is 11.5 Å². The number of carbonyl (C=O) groups is 1. The predicted octanol–water partition coefficient (Wildman–Crippen LogP) is 7.06. The molecule has 32 heavy (non-hydrogen) atoms. The number of hydrogen-bond acceptors (Lipinski definition) is 3. The summed E-state index contributed by atoms with van der Waals surface area (Å²) in [4.78, 5) is 12.2. The van der Waals surface area contributed by atoms with E-state index in [4.69, 9.17) is 9.47 Å². The van der Waals surface area contributed by atoms with Crippen LogP contribution < -0.4 is 9.47 Å². The first kappa shape index (κ1) is 23.4. The van der Waals surface area contributed by atoms with Crippen molar-refractivity contribution in [1.29, 1.82) is 0 Å². The van der Waals surface area contributed by atoms with Crippen molar-refractivity contribution in [3.63, 3.8) is 0 Å². The molecule has 0 saturated carbocycles. The van der Waals surface area contributed by atoms with Crippen LogP contribution in [0.15, 0.2) is 72.8 Å². The van der Waals surface area contributed by atoms with Crippen molar-refractivity contribution >= 4 is 5.97 Å². The third-order valence-corrected chi connectivity index (χ3v) is 5.41. The monoisotopic (exact) mass is 432 g/mol. The van der Waals surface area contributed by atoms with Gasteiger partial charge in [-0.05, 0) is 35.6 Å². The van der Waals surface area contributed by atoms with E-state index in [2.05, 4.69) is 6.92 Å². The number of rotatable bonds is 13. The minimum atomic E-state index is -0.966. The lowest BCUT2D eigenvalue weighted by Crippen LogP contribution is -2.09. The molecular weight excluding hydrogens is 400 g/mol. The molecule has 0 unspecified atom stereocenters. The van der Waals surface area contributed by atoms with Crippen LogP contribution in [0.4, 0.5) is 0 Å². The Morgan fingerprint density at radius 1 is 0.781 bits per heavy atom. The second kappa shape index (κ2) is 12.6. The van der Waals surface area contributed by atoms with Gasteiger partial charge in [-0.3, -0.25) is 0 Å². The molecule has 0 bridgehead atoms. The lowest BCUT2D eigenvalue weighted by Gasteiger charge is -2.16. The lowest BCUT2D eigenvalue weighted by molar-refractivity contribution is 0.0690. The van der Waals surface area contributed by atoms with E-state index >= 15 is 0 Å². The van der Waals surface area contributed by atoms with Crippen molar-refractivity contribution in [1.82, 2.24) is 0 Å². The fraction of sp³-hybridized carbons (Fsp3) is 0.321. The Morgan fingerprint density at radius 2 is 1.38 bits per heavy atom. The zero-order valence-corrected chi connectivity index (χ0v) is 18.8. The number of ether oxygens (including phenoxy) is 2. The Balaban J connectivity index is 1.82. The van der Waals surface area contributed by atoms with Crippen LogP contribution in [0.25, 0.3) is 0 Å². The molecule has 0 aliphatic heterocycles. The summed E-state index contributed by atoms with van der Waals surface area (Å²) in [6.45, 7) is 2.91. The Labute approximate surface area is 190 Å². The van der Waals surface area contributed by atoms with E-state index in [1.165, 1.54) is 19.3 Å². The van der Waals surface area contributed by atoms with Gasteiger partial charge in [0, 0.05) is 6.07 Å². The summed E-state index contributed by atoms with van der Waals surface area (Å²) < 4.78 is 12.0. The van der Waals surface area contributed by atoms with Crippen LogP contribution in [0, 0.1) is 0 Å². The third kappa shape index (κ3) is 7.16. The topological polar surface area (TPSA) is 55.8 Å². The summed E-state index contributed by atoms with van der Waals surface area (Å²) in [7, 11) is 0. The summed E-state index contributed by atoms with van der Waals surface area (Å²) >= 11 is 0. The van der Waals surface area contributed by atoms with Gasteiger partial charge in [-0.25, -0.2) is 4.79 Å². The van der Waals surface area contributed by atoms with Gasteiger partial charge in [0.15, 0.2) is 0 Å². The highest BCUT2D eigenvalue weighted by molar-refractivity contribution is 5.93. The van der Waals surface area contributed by atoms with Crippen molar-refractivity contribution in [2.45, 2.75) is 58.7 Å². The molecule has 4 nitrogen and oxygen atoms in total. The molecule has 0 aliphatic carbocycles. The quantitative estimate of drug-likeness (QED) is 0.294. The van der Waals surface area contributed by atoms with Crippen molar-refractivity contribution in [3.05, 3.63) is 95.1 Å². The maximum atomic E-state index is 12.2. The molecule has 0 heterocycles. The van der Waals surface area contributed by atoms with Crippen molar-refractivity contribution in [2.24, 2.45) is 0 Å². The summed E-state index contributed by atoms with van der Waals surface area (Å²) in [6.07, 6.45) is 6.27. The minimum Gasteiger partial charge on any atom is -0.489 e. The predicted molar refractivity (Wildman–Crippen MR) is 127 cm³/mol. The first-order valence-electron chi connectivity index (χ1n) is 11.4.